The van der Waals surface area contributed by atoms with Crippen LogP contribution in [-0.2, 0) is 0 Å². The van der Waals surface area contributed by atoms with Crippen molar-refractivity contribution in [3.63, 3.8) is 0 Å². The van der Waals surface area contributed by atoms with Crippen molar-refractivity contribution in [3.8, 4) is 0 Å². The average Bonchev–Trinajstić information content (AvgIpc) is 2.12. The minimum absolute atomic E-state index is 1.08. The largest absolute Gasteiger partial charge is 0.300 e. The summed E-state index contributed by atoms with van der Waals surface area (Å²) in [7, 11) is 0. The maximum absolute atomic E-state index is 2.41. The summed E-state index contributed by atoms with van der Waals surface area (Å²) in [6.07, 6.45) is 6.45. The summed E-state index contributed by atoms with van der Waals surface area (Å²) in [6, 6.07) is 0. The highest BCUT2D eigenvalue weighted by Gasteiger charge is 1.99. The predicted octanol–water partition coefficient (Wildman–Crippen LogP) is 2.85. The van der Waals surface area contributed by atoms with Crippen molar-refractivity contribution in [2.45, 2.75) is 27.7 Å². The Kier molecular flexibility index (Phi) is 6.78. The minimum Gasteiger partial charge on any atom is -0.300 e. The maximum atomic E-state index is 2.41. The van der Waals surface area contributed by atoms with Crippen LogP contribution in [0.5, 0.6) is 0 Å². The average molecular weight is 167 g/mol. The Morgan fingerprint density at radius 1 is 1.17 bits per heavy atom. The standard InChI is InChI=1S/C11H21N/c1-5-9-11(6-2)10-12(7-3)8-4/h5-6,9H,7-8,10H2,1-4H3. The van der Waals surface area contributed by atoms with Crippen LogP contribution in [0.4, 0.5) is 0 Å². The summed E-state index contributed by atoms with van der Waals surface area (Å²) in [5.41, 5.74) is 1.40. The summed E-state index contributed by atoms with van der Waals surface area (Å²) < 4.78 is 0. The van der Waals surface area contributed by atoms with Gasteiger partial charge in [0.05, 0.1) is 0 Å². The Labute approximate surface area is 76.8 Å². The molecular weight excluding hydrogens is 146 g/mol. The Hall–Kier alpha value is -0.560. The normalized spacial score (nSPS) is 13.2. The summed E-state index contributed by atoms with van der Waals surface area (Å²) in [5.74, 6) is 0. The zero-order valence-corrected chi connectivity index (χ0v) is 8.80. The van der Waals surface area contributed by atoms with Gasteiger partial charge < -0.3 is 0 Å². The third-order valence-corrected chi connectivity index (χ3v) is 2.05. The van der Waals surface area contributed by atoms with Gasteiger partial charge in [-0.2, -0.15) is 0 Å². The summed E-state index contributed by atoms with van der Waals surface area (Å²) in [4.78, 5) is 2.41. The second-order valence-electron chi connectivity index (χ2n) is 2.82. The van der Waals surface area contributed by atoms with Gasteiger partial charge in [-0.1, -0.05) is 32.1 Å². The fourth-order valence-corrected chi connectivity index (χ4v) is 1.16. The van der Waals surface area contributed by atoms with E-state index in [-0.39, 0.29) is 0 Å². The van der Waals surface area contributed by atoms with Gasteiger partial charge in [-0.3, -0.25) is 4.90 Å². The van der Waals surface area contributed by atoms with E-state index in [4.69, 9.17) is 0 Å². The maximum Gasteiger partial charge on any atom is 0.0230 e. The van der Waals surface area contributed by atoms with Crippen LogP contribution < -0.4 is 0 Å². The molecule has 70 valence electrons. The molecule has 1 nitrogen and oxygen atoms in total. The third-order valence-electron chi connectivity index (χ3n) is 2.05. The molecule has 0 unspecified atom stereocenters. The first-order valence-electron chi connectivity index (χ1n) is 4.78. The molecule has 1 heteroatoms. The molecule has 12 heavy (non-hydrogen) atoms. The number of nitrogens with zero attached hydrogens (tertiary/aromatic N) is 1. The van der Waals surface area contributed by atoms with Crippen LogP contribution in [0.3, 0.4) is 0 Å². The fraction of sp³-hybridized carbons (Fsp3) is 0.636. The number of rotatable bonds is 5. The molecule has 0 aromatic rings. The van der Waals surface area contributed by atoms with Gasteiger partial charge in [0, 0.05) is 6.54 Å². The molecular formula is C11H21N. The second kappa shape index (κ2) is 7.11. The molecule has 0 aliphatic rings. The Bertz CT molecular complexity index is 152. The van der Waals surface area contributed by atoms with Crippen molar-refractivity contribution in [1.29, 1.82) is 0 Å². The molecule has 0 atom stereocenters. The van der Waals surface area contributed by atoms with Crippen LogP contribution in [0, 0.1) is 0 Å². The zero-order valence-electron chi connectivity index (χ0n) is 8.80. The first kappa shape index (κ1) is 11.4. The molecule has 0 amide bonds. The van der Waals surface area contributed by atoms with Gasteiger partial charge in [0.15, 0.2) is 0 Å². The highest BCUT2D eigenvalue weighted by Crippen LogP contribution is 2.00. The Morgan fingerprint density at radius 3 is 2.08 bits per heavy atom. The van der Waals surface area contributed by atoms with Gasteiger partial charge in [-0.25, -0.2) is 0 Å². The van der Waals surface area contributed by atoms with Crippen molar-refractivity contribution in [2.24, 2.45) is 0 Å². The Morgan fingerprint density at radius 2 is 1.75 bits per heavy atom. The van der Waals surface area contributed by atoms with Gasteiger partial charge in [0.2, 0.25) is 0 Å². The highest BCUT2D eigenvalue weighted by molar-refractivity contribution is 5.18. The van der Waals surface area contributed by atoms with Crippen molar-refractivity contribution < 1.29 is 0 Å². The first-order valence-corrected chi connectivity index (χ1v) is 4.78. The summed E-state index contributed by atoms with van der Waals surface area (Å²) in [6.45, 7) is 11.9. The lowest BCUT2D eigenvalue weighted by atomic mass is 10.2. The molecule has 0 fully saturated rings. The second-order valence-corrected chi connectivity index (χ2v) is 2.82. The molecule has 0 aliphatic carbocycles. The van der Waals surface area contributed by atoms with Crippen molar-refractivity contribution in [3.05, 3.63) is 23.8 Å². The first-order chi connectivity index (χ1) is 5.78. The fourth-order valence-electron chi connectivity index (χ4n) is 1.16. The van der Waals surface area contributed by atoms with Crippen LogP contribution in [0.25, 0.3) is 0 Å². The van der Waals surface area contributed by atoms with E-state index in [0.717, 1.165) is 19.6 Å². The smallest absolute Gasteiger partial charge is 0.0230 e. The van der Waals surface area contributed by atoms with Gasteiger partial charge in [-0.05, 0) is 32.5 Å². The lowest BCUT2D eigenvalue weighted by molar-refractivity contribution is 0.332. The lowest BCUT2D eigenvalue weighted by Crippen LogP contribution is -2.24. The van der Waals surface area contributed by atoms with Gasteiger partial charge in [0.1, 0.15) is 0 Å². The summed E-state index contributed by atoms with van der Waals surface area (Å²) in [5, 5.41) is 0. The van der Waals surface area contributed by atoms with E-state index in [1.807, 2.05) is 0 Å². The van der Waals surface area contributed by atoms with E-state index in [1.54, 1.807) is 0 Å². The van der Waals surface area contributed by atoms with E-state index in [9.17, 15) is 0 Å². The number of allylic oxidation sites excluding steroid dienone is 2. The van der Waals surface area contributed by atoms with E-state index in [2.05, 4.69) is 50.8 Å². The molecule has 0 aromatic carbocycles. The number of hydrogen-bond donors (Lipinski definition) is 0. The molecule has 0 aromatic heterocycles. The number of hydrogen-bond acceptors (Lipinski definition) is 1. The van der Waals surface area contributed by atoms with E-state index >= 15 is 0 Å². The molecule has 0 rings (SSSR count). The van der Waals surface area contributed by atoms with Crippen molar-refractivity contribution in [2.75, 3.05) is 19.6 Å². The molecule has 0 aliphatic heterocycles. The van der Waals surface area contributed by atoms with Crippen molar-refractivity contribution >= 4 is 0 Å². The third kappa shape index (κ3) is 4.35. The quantitative estimate of drug-likeness (QED) is 0.569. The Balaban J connectivity index is 4.01. The highest BCUT2D eigenvalue weighted by atomic mass is 15.1. The monoisotopic (exact) mass is 167 g/mol. The van der Waals surface area contributed by atoms with Gasteiger partial charge in [-0.15, -0.1) is 0 Å². The molecule has 0 bridgehead atoms. The minimum atomic E-state index is 1.08. The van der Waals surface area contributed by atoms with Crippen LogP contribution in [0.15, 0.2) is 23.8 Å². The van der Waals surface area contributed by atoms with E-state index in [1.165, 1.54) is 5.57 Å². The molecule has 0 N–H and O–H groups in total. The topological polar surface area (TPSA) is 3.24 Å². The van der Waals surface area contributed by atoms with Gasteiger partial charge >= 0.3 is 0 Å². The van der Waals surface area contributed by atoms with Crippen LogP contribution >= 0.6 is 0 Å². The molecule has 0 radical (unpaired) electrons. The van der Waals surface area contributed by atoms with Crippen LogP contribution in [-0.4, -0.2) is 24.5 Å². The van der Waals surface area contributed by atoms with Crippen LogP contribution in [0.1, 0.15) is 27.7 Å². The molecule has 0 saturated heterocycles. The number of likely N-dealkylation sites (N-methyl/N-ethyl adjacent to an activating group) is 1. The molecule has 0 saturated carbocycles. The predicted molar refractivity (Wildman–Crippen MR) is 56.4 cm³/mol. The molecule has 0 spiro atoms. The van der Waals surface area contributed by atoms with Crippen molar-refractivity contribution in [1.82, 2.24) is 4.90 Å². The van der Waals surface area contributed by atoms with Gasteiger partial charge in [0.25, 0.3) is 0 Å². The van der Waals surface area contributed by atoms with E-state index < -0.39 is 0 Å². The van der Waals surface area contributed by atoms with Crippen LogP contribution in [0.2, 0.25) is 0 Å². The molecule has 0 heterocycles. The zero-order chi connectivity index (χ0) is 9.40. The lowest BCUT2D eigenvalue weighted by Gasteiger charge is -2.18. The SMILES string of the molecule is CC=CC(=CC)CN(CC)CC. The van der Waals surface area contributed by atoms with E-state index in [0.29, 0.717) is 0 Å². The summed E-state index contributed by atoms with van der Waals surface area (Å²) >= 11 is 0.